The fraction of sp³-hybridized carbons (Fsp3) is 0.250. The maximum absolute atomic E-state index is 13.6. The fourth-order valence-corrected chi connectivity index (χ4v) is 5.91. The zero-order valence-corrected chi connectivity index (χ0v) is 20.9. The predicted molar refractivity (Wildman–Crippen MR) is 128 cm³/mol. The monoisotopic (exact) mass is 520 g/mol. The molecule has 0 bridgehead atoms. The Hall–Kier alpha value is -2.99. The molecule has 4 rings (SSSR count). The molecule has 0 fully saturated rings. The van der Waals surface area contributed by atoms with Gasteiger partial charge in [0.05, 0.1) is 9.79 Å². The van der Waals surface area contributed by atoms with E-state index in [9.17, 15) is 21.2 Å². The van der Waals surface area contributed by atoms with Crippen LogP contribution in [0.3, 0.4) is 0 Å². The van der Waals surface area contributed by atoms with Crippen molar-refractivity contribution < 1.29 is 30.7 Å². The maximum Gasteiger partial charge on any atom is 0.243 e. The average Bonchev–Trinajstić information content (AvgIpc) is 3.30. The van der Waals surface area contributed by atoms with Gasteiger partial charge in [0.2, 0.25) is 26.8 Å². The molecular weight excluding hydrogens is 495 g/mol. The first-order chi connectivity index (χ1) is 16.6. The van der Waals surface area contributed by atoms with Crippen LogP contribution in [0.2, 0.25) is 0 Å². The van der Waals surface area contributed by atoms with Gasteiger partial charge in [0, 0.05) is 27.2 Å². The summed E-state index contributed by atoms with van der Waals surface area (Å²) in [6.45, 7) is 0.283. The molecule has 1 aliphatic rings. The number of benzene rings is 3. The van der Waals surface area contributed by atoms with Crippen molar-refractivity contribution in [3.8, 4) is 11.5 Å². The van der Waals surface area contributed by atoms with E-state index < -0.39 is 20.0 Å². The molecule has 0 unspecified atom stereocenters. The molecule has 35 heavy (non-hydrogen) atoms. The van der Waals surface area contributed by atoms with Crippen molar-refractivity contribution in [1.29, 1.82) is 0 Å². The first-order valence-electron chi connectivity index (χ1n) is 10.7. The maximum atomic E-state index is 13.6. The van der Waals surface area contributed by atoms with E-state index in [4.69, 9.17) is 9.47 Å². The van der Waals surface area contributed by atoms with E-state index in [2.05, 4.69) is 0 Å². The summed E-state index contributed by atoms with van der Waals surface area (Å²) in [6, 6.07) is 16.2. The van der Waals surface area contributed by atoms with Crippen LogP contribution < -0.4 is 9.47 Å². The summed E-state index contributed by atoms with van der Waals surface area (Å²) in [5.74, 6) is 0.759. The SMILES string of the molecule is CN(C)S(=O)(=O)c1ccc(S(=O)(=O)N(CCc2ccc(F)cc2)Cc2ccc3c(c2)OCO3)cc1. The molecule has 3 aromatic rings. The first-order valence-corrected chi connectivity index (χ1v) is 13.6. The normalized spacial score (nSPS) is 13.5. The molecule has 8 nitrogen and oxygen atoms in total. The first kappa shape index (κ1) is 25.1. The lowest BCUT2D eigenvalue weighted by molar-refractivity contribution is 0.174. The van der Waals surface area contributed by atoms with Crippen LogP contribution in [-0.2, 0) is 33.0 Å². The molecular formula is C24H25FN2O6S2. The van der Waals surface area contributed by atoms with Crippen LogP contribution in [0.5, 0.6) is 11.5 Å². The Labute approximate surface area is 204 Å². The van der Waals surface area contributed by atoms with Crippen LogP contribution in [0.4, 0.5) is 4.39 Å². The molecule has 0 radical (unpaired) electrons. The Balaban J connectivity index is 1.63. The van der Waals surface area contributed by atoms with Crippen molar-refractivity contribution in [3.63, 3.8) is 0 Å². The van der Waals surface area contributed by atoms with E-state index in [1.54, 1.807) is 30.3 Å². The summed E-state index contributed by atoms with van der Waals surface area (Å²) in [4.78, 5) is -0.0369. The van der Waals surface area contributed by atoms with Gasteiger partial charge in [-0.15, -0.1) is 0 Å². The van der Waals surface area contributed by atoms with Crippen molar-refractivity contribution in [2.75, 3.05) is 27.4 Å². The molecule has 0 N–H and O–H groups in total. The Bertz CT molecular complexity index is 1410. The smallest absolute Gasteiger partial charge is 0.243 e. The summed E-state index contributed by atoms with van der Waals surface area (Å²) in [5.41, 5.74) is 1.48. The van der Waals surface area contributed by atoms with Gasteiger partial charge < -0.3 is 9.47 Å². The number of hydrogen-bond donors (Lipinski definition) is 0. The largest absolute Gasteiger partial charge is 0.454 e. The minimum Gasteiger partial charge on any atom is -0.454 e. The molecule has 11 heteroatoms. The molecule has 0 atom stereocenters. The molecule has 0 amide bonds. The van der Waals surface area contributed by atoms with Crippen molar-refractivity contribution in [2.45, 2.75) is 22.8 Å². The van der Waals surface area contributed by atoms with Crippen LogP contribution in [0, 0.1) is 5.82 Å². The molecule has 0 saturated heterocycles. The molecule has 3 aromatic carbocycles. The summed E-state index contributed by atoms with van der Waals surface area (Å²) in [6.07, 6.45) is 0.358. The standard InChI is InChI=1S/C24H25FN2O6S2/c1-26(2)34(28,29)21-8-10-22(11-9-21)35(30,31)27(14-13-18-3-6-20(25)7-4-18)16-19-5-12-23-24(15-19)33-17-32-23/h3-12,15H,13-14,16-17H2,1-2H3. The molecule has 0 aliphatic carbocycles. The van der Waals surface area contributed by atoms with Crippen molar-refractivity contribution >= 4 is 20.0 Å². The predicted octanol–water partition coefficient (Wildman–Crippen LogP) is 3.24. The van der Waals surface area contributed by atoms with Crippen LogP contribution in [0.25, 0.3) is 0 Å². The minimum absolute atomic E-state index is 0.00455. The van der Waals surface area contributed by atoms with E-state index in [0.717, 1.165) is 9.87 Å². The summed E-state index contributed by atoms with van der Waals surface area (Å²) < 4.78 is 78.3. The van der Waals surface area contributed by atoms with Crippen molar-refractivity contribution in [2.24, 2.45) is 0 Å². The van der Waals surface area contributed by atoms with Gasteiger partial charge in [0.15, 0.2) is 11.5 Å². The van der Waals surface area contributed by atoms with Crippen LogP contribution >= 0.6 is 0 Å². The zero-order valence-electron chi connectivity index (χ0n) is 19.2. The Morgan fingerprint density at radius 1 is 0.771 bits per heavy atom. The number of fused-ring (bicyclic) bond motifs is 1. The molecule has 1 heterocycles. The van der Waals surface area contributed by atoms with E-state index >= 15 is 0 Å². The molecule has 0 spiro atoms. The number of sulfonamides is 2. The van der Waals surface area contributed by atoms with Crippen LogP contribution in [0.1, 0.15) is 11.1 Å². The summed E-state index contributed by atoms with van der Waals surface area (Å²) in [7, 11) is -4.88. The molecule has 186 valence electrons. The van der Waals surface area contributed by atoms with Gasteiger partial charge in [-0.2, -0.15) is 4.31 Å². The second-order valence-corrected chi connectivity index (χ2v) is 12.3. The van der Waals surface area contributed by atoms with Gasteiger partial charge in [-0.3, -0.25) is 0 Å². The third-order valence-corrected chi connectivity index (χ3v) is 9.29. The Kier molecular flexibility index (Phi) is 7.13. The van der Waals surface area contributed by atoms with E-state index in [0.29, 0.717) is 23.5 Å². The lowest BCUT2D eigenvalue weighted by Gasteiger charge is -2.23. The van der Waals surface area contributed by atoms with Crippen molar-refractivity contribution in [3.05, 3.63) is 83.7 Å². The van der Waals surface area contributed by atoms with Crippen LogP contribution in [-0.4, -0.2) is 52.9 Å². The third kappa shape index (κ3) is 5.48. The van der Waals surface area contributed by atoms with Gasteiger partial charge >= 0.3 is 0 Å². The highest BCUT2D eigenvalue weighted by atomic mass is 32.2. The highest BCUT2D eigenvalue weighted by Crippen LogP contribution is 2.33. The lowest BCUT2D eigenvalue weighted by atomic mass is 10.1. The number of rotatable bonds is 9. The highest BCUT2D eigenvalue weighted by molar-refractivity contribution is 7.89. The van der Waals surface area contributed by atoms with Crippen molar-refractivity contribution in [1.82, 2.24) is 8.61 Å². The number of hydrogen-bond acceptors (Lipinski definition) is 6. The molecule has 1 aliphatic heterocycles. The van der Waals surface area contributed by atoms with E-state index in [-0.39, 0.29) is 35.5 Å². The van der Waals surface area contributed by atoms with Gasteiger partial charge in [-0.25, -0.2) is 25.5 Å². The zero-order chi connectivity index (χ0) is 25.2. The number of nitrogens with zero attached hydrogens (tertiary/aromatic N) is 2. The molecule has 0 saturated carbocycles. The molecule has 0 aromatic heterocycles. The van der Waals surface area contributed by atoms with E-state index in [1.165, 1.54) is 54.8 Å². The summed E-state index contributed by atoms with van der Waals surface area (Å²) in [5, 5.41) is 0. The van der Waals surface area contributed by atoms with Gasteiger partial charge in [-0.05, 0) is 66.1 Å². The number of ether oxygens (including phenoxy) is 2. The minimum atomic E-state index is -4.00. The average molecular weight is 521 g/mol. The third-order valence-electron chi connectivity index (χ3n) is 5.60. The topological polar surface area (TPSA) is 93.2 Å². The summed E-state index contributed by atoms with van der Waals surface area (Å²) >= 11 is 0. The quantitative estimate of drug-likeness (QED) is 0.430. The highest BCUT2D eigenvalue weighted by Gasteiger charge is 2.27. The fourth-order valence-electron chi connectivity index (χ4n) is 3.58. The second kappa shape index (κ2) is 9.94. The van der Waals surface area contributed by atoms with Gasteiger partial charge in [0.1, 0.15) is 5.82 Å². The van der Waals surface area contributed by atoms with E-state index in [1.807, 2.05) is 0 Å². The second-order valence-electron chi connectivity index (χ2n) is 8.16. The van der Waals surface area contributed by atoms with Gasteiger partial charge in [-0.1, -0.05) is 18.2 Å². The Morgan fingerprint density at radius 2 is 1.34 bits per heavy atom. The number of halogens is 1. The lowest BCUT2D eigenvalue weighted by Crippen LogP contribution is -2.32. The van der Waals surface area contributed by atoms with Gasteiger partial charge in [0.25, 0.3) is 0 Å². The Morgan fingerprint density at radius 3 is 1.97 bits per heavy atom. The van der Waals surface area contributed by atoms with Crippen LogP contribution in [0.15, 0.2) is 76.5 Å².